The van der Waals surface area contributed by atoms with E-state index in [1.54, 1.807) is 29.0 Å². The summed E-state index contributed by atoms with van der Waals surface area (Å²) in [6.45, 7) is 7.29. The summed E-state index contributed by atoms with van der Waals surface area (Å²) in [5, 5.41) is 0.863. The molecule has 0 spiro atoms. The molecule has 1 fully saturated rings. The molecular formula is C22H29N3O5. The first-order valence-electron chi connectivity index (χ1n) is 10.1. The molecule has 2 heterocycles. The number of hydrogen-bond acceptors (Lipinski definition) is 5. The van der Waals surface area contributed by atoms with Crippen LogP contribution in [-0.2, 0) is 16.0 Å². The third-order valence-corrected chi connectivity index (χ3v) is 5.02. The molecule has 1 aliphatic heterocycles. The molecule has 0 aliphatic carbocycles. The fourth-order valence-electron chi connectivity index (χ4n) is 3.41. The largest absolute Gasteiger partial charge is 0.497 e. The Kier molecular flexibility index (Phi) is 6.34. The standard InChI is InChI=1S/C22H29N3O5/c1-22(2,3)30-21(28)25-11-9-24(10-12-25)19(26)8-5-15-13-16-14-17(29-4)6-7-18(16)23-20(15)27/h6-7,13-14H,5,8-12H2,1-4H3,(H,23,27). The van der Waals surface area contributed by atoms with Crippen LogP contribution in [0.4, 0.5) is 4.79 Å². The van der Waals surface area contributed by atoms with Crippen LogP contribution < -0.4 is 10.3 Å². The Hall–Kier alpha value is -3.03. The molecule has 0 unspecified atom stereocenters. The highest BCUT2D eigenvalue weighted by molar-refractivity contribution is 5.81. The third-order valence-electron chi connectivity index (χ3n) is 5.02. The van der Waals surface area contributed by atoms with E-state index in [1.807, 2.05) is 32.9 Å². The van der Waals surface area contributed by atoms with Crippen molar-refractivity contribution in [1.82, 2.24) is 14.8 Å². The number of nitrogens with zero attached hydrogens (tertiary/aromatic N) is 2. The second-order valence-electron chi connectivity index (χ2n) is 8.43. The molecular weight excluding hydrogens is 386 g/mol. The maximum Gasteiger partial charge on any atom is 0.410 e. The van der Waals surface area contributed by atoms with Gasteiger partial charge < -0.3 is 24.3 Å². The summed E-state index contributed by atoms with van der Waals surface area (Å²) in [4.78, 5) is 43.3. The number of aryl methyl sites for hydroxylation is 1. The topological polar surface area (TPSA) is 91.9 Å². The number of aromatic nitrogens is 1. The van der Waals surface area contributed by atoms with E-state index in [9.17, 15) is 14.4 Å². The molecule has 2 aromatic rings. The smallest absolute Gasteiger partial charge is 0.410 e. The molecule has 8 heteroatoms. The molecule has 2 amide bonds. The van der Waals surface area contributed by atoms with Crippen LogP contribution in [0.2, 0.25) is 0 Å². The van der Waals surface area contributed by atoms with Gasteiger partial charge in [0.2, 0.25) is 5.91 Å². The maximum atomic E-state index is 12.6. The molecule has 162 valence electrons. The number of piperazine rings is 1. The first kappa shape index (κ1) is 21.7. The first-order valence-corrected chi connectivity index (χ1v) is 10.1. The van der Waals surface area contributed by atoms with Crippen LogP contribution in [0, 0.1) is 0 Å². The van der Waals surface area contributed by atoms with E-state index in [-0.39, 0.29) is 24.0 Å². The molecule has 1 saturated heterocycles. The molecule has 8 nitrogen and oxygen atoms in total. The summed E-state index contributed by atoms with van der Waals surface area (Å²) in [5.74, 6) is 0.684. The summed E-state index contributed by atoms with van der Waals surface area (Å²) in [6.07, 6.45) is 0.242. The number of ether oxygens (including phenoxy) is 2. The normalized spacial score (nSPS) is 14.7. The van der Waals surface area contributed by atoms with Crippen molar-refractivity contribution < 1.29 is 19.1 Å². The van der Waals surface area contributed by atoms with Gasteiger partial charge in [-0.1, -0.05) is 0 Å². The van der Waals surface area contributed by atoms with Crippen LogP contribution in [-0.4, -0.2) is 65.7 Å². The number of hydrogen-bond donors (Lipinski definition) is 1. The summed E-state index contributed by atoms with van der Waals surface area (Å²) in [5.41, 5.74) is 0.571. The van der Waals surface area contributed by atoms with Crippen molar-refractivity contribution in [3.05, 3.63) is 40.2 Å². The van der Waals surface area contributed by atoms with Gasteiger partial charge >= 0.3 is 6.09 Å². The molecule has 1 N–H and O–H groups in total. The Balaban J connectivity index is 1.57. The SMILES string of the molecule is COc1ccc2[nH]c(=O)c(CCC(=O)N3CCN(C(=O)OC(C)(C)C)CC3)cc2c1. The fraction of sp³-hybridized carbons (Fsp3) is 0.500. The highest BCUT2D eigenvalue weighted by Gasteiger charge is 2.27. The summed E-state index contributed by atoms with van der Waals surface area (Å²) < 4.78 is 10.6. The highest BCUT2D eigenvalue weighted by Crippen LogP contribution is 2.19. The molecule has 0 radical (unpaired) electrons. The van der Waals surface area contributed by atoms with E-state index in [0.29, 0.717) is 43.9 Å². The van der Waals surface area contributed by atoms with Crippen molar-refractivity contribution >= 4 is 22.9 Å². The van der Waals surface area contributed by atoms with Crippen molar-refractivity contribution in [1.29, 1.82) is 0 Å². The lowest BCUT2D eigenvalue weighted by Crippen LogP contribution is -2.51. The van der Waals surface area contributed by atoms with Crippen molar-refractivity contribution in [2.75, 3.05) is 33.3 Å². The number of methoxy groups -OCH3 is 1. The van der Waals surface area contributed by atoms with Crippen LogP contribution in [0.5, 0.6) is 5.75 Å². The molecule has 0 bridgehead atoms. The van der Waals surface area contributed by atoms with Crippen molar-refractivity contribution in [2.24, 2.45) is 0 Å². The van der Waals surface area contributed by atoms with Gasteiger partial charge in [0.05, 0.1) is 7.11 Å². The van der Waals surface area contributed by atoms with Gasteiger partial charge in [-0.3, -0.25) is 9.59 Å². The van der Waals surface area contributed by atoms with Crippen molar-refractivity contribution in [3.8, 4) is 5.75 Å². The third kappa shape index (κ3) is 5.31. The number of nitrogens with one attached hydrogen (secondary N) is 1. The fourth-order valence-corrected chi connectivity index (χ4v) is 3.41. The second-order valence-corrected chi connectivity index (χ2v) is 8.43. The van der Waals surface area contributed by atoms with E-state index in [4.69, 9.17) is 9.47 Å². The Labute approximate surface area is 175 Å². The minimum Gasteiger partial charge on any atom is -0.497 e. The number of fused-ring (bicyclic) bond motifs is 1. The second kappa shape index (κ2) is 8.77. The maximum absolute atomic E-state index is 12.6. The monoisotopic (exact) mass is 415 g/mol. The molecule has 1 aliphatic rings. The number of rotatable bonds is 4. The minimum atomic E-state index is -0.541. The lowest BCUT2D eigenvalue weighted by molar-refractivity contribution is -0.132. The van der Waals surface area contributed by atoms with Gasteiger partial charge in [-0.15, -0.1) is 0 Å². The summed E-state index contributed by atoms with van der Waals surface area (Å²) in [7, 11) is 1.59. The molecule has 0 saturated carbocycles. The zero-order valence-electron chi connectivity index (χ0n) is 18.0. The van der Waals surface area contributed by atoms with E-state index < -0.39 is 5.60 Å². The van der Waals surface area contributed by atoms with Gasteiger partial charge in [0.25, 0.3) is 5.56 Å². The molecule has 1 aromatic heterocycles. The van der Waals surface area contributed by atoms with Gasteiger partial charge in [-0.2, -0.15) is 0 Å². The van der Waals surface area contributed by atoms with Crippen LogP contribution >= 0.6 is 0 Å². The molecule has 3 rings (SSSR count). The van der Waals surface area contributed by atoms with Gasteiger partial charge in [-0.05, 0) is 51.5 Å². The predicted octanol–water partition coefficient (Wildman–Crippen LogP) is 2.55. The van der Waals surface area contributed by atoms with Crippen molar-refractivity contribution in [3.63, 3.8) is 0 Å². The van der Waals surface area contributed by atoms with Crippen LogP contribution in [0.25, 0.3) is 10.9 Å². The van der Waals surface area contributed by atoms with Crippen molar-refractivity contribution in [2.45, 2.75) is 39.2 Å². The first-order chi connectivity index (χ1) is 14.2. The zero-order valence-corrected chi connectivity index (χ0v) is 18.0. The van der Waals surface area contributed by atoms with Crippen LogP contribution in [0.3, 0.4) is 0 Å². The predicted molar refractivity (Wildman–Crippen MR) is 114 cm³/mol. The Morgan fingerprint density at radius 3 is 2.37 bits per heavy atom. The Morgan fingerprint density at radius 2 is 1.73 bits per heavy atom. The van der Waals surface area contributed by atoms with E-state index in [2.05, 4.69) is 4.98 Å². The van der Waals surface area contributed by atoms with E-state index in [1.165, 1.54) is 0 Å². The van der Waals surface area contributed by atoms with E-state index >= 15 is 0 Å². The van der Waals surface area contributed by atoms with Crippen LogP contribution in [0.1, 0.15) is 32.8 Å². The van der Waals surface area contributed by atoms with Gasteiger partial charge in [0, 0.05) is 49.1 Å². The van der Waals surface area contributed by atoms with Gasteiger partial charge in [-0.25, -0.2) is 4.79 Å². The molecule has 30 heavy (non-hydrogen) atoms. The Bertz CT molecular complexity index is 984. The average Bonchev–Trinajstić information content (AvgIpc) is 2.70. The summed E-state index contributed by atoms with van der Waals surface area (Å²) in [6, 6.07) is 7.25. The number of aromatic amines is 1. The lowest BCUT2D eigenvalue weighted by atomic mass is 10.1. The highest BCUT2D eigenvalue weighted by atomic mass is 16.6. The lowest BCUT2D eigenvalue weighted by Gasteiger charge is -2.35. The zero-order chi connectivity index (χ0) is 21.9. The number of pyridine rings is 1. The Morgan fingerprint density at radius 1 is 1.07 bits per heavy atom. The number of carbonyl (C=O) groups is 2. The number of carbonyl (C=O) groups excluding carboxylic acids is 2. The van der Waals surface area contributed by atoms with Crippen LogP contribution in [0.15, 0.2) is 29.1 Å². The molecule has 1 aromatic carbocycles. The number of benzene rings is 1. The van der Waals surface area contributed by atoms with E-state index in [0.717, 1.165) is 10.9 Å². The quantitative estimate of drug-likeness (QED) is 0.829. The van der Waals surface area contributed by atoms with Gasteiger partial charge in [0.1, 0.15) is 11.4 Å². The van der Waals surface area contributed by atoms with Gasteiger partial charge in [0.15, 0.2) is 0 Å². The summed E-state index contributed by atoms with van der Waals surface area (Å²) >= 11 is 0. The average molecular weight is 415 g/mol. The molecule has 0 atom stereocenters. The minimum absolute atomic E-state index is 0.0241. The number of amides is 2. The number of H-pyrrole nitrogens is 1.